The number of hydrogen-bond acceptors (Lipinski definition) is 6. The van der Waals surface area contributed by atoms with Crippen molar-refractivity contribution in [3.8, 4) is 11.4 Å². The van der Waals surface area contributed by atoms with Crippen LogP contribution in [0.4, 0.5) is 0 Å². The number of carbonyl (C=O) groups is 1. The number of hydrogen-bond donors (Lipinski definition) is 1. The van der Waals surface area contributed by atoms with Gasteiger partial charge in [-0.05, 0) is 17.7 Å². The van der Waals surface area contributed by atoms with E-state index in [0.717, 1.165) is 11.1 Å². The van der Waals surface area contributed by atoms with E-state index in [1.54, 1.807) is 12.1 Å². The fourth-order valence-corrected chi connectivity index (χ4v) is 2.76. The molecule has 0 spiro atoms. The first-order chi connectivity index (χ1) is 13.2. The number of benzene rings is 2. The Labute approximate surface area is 160 Å². The summed E-state index contributed by atoms with van der Waals surface area (Å²) in [4.78, 5) is 21.8. The van der Waals surface area contributed by atoms with E-state index in [4.69, 9.17) is 21.0 Å². The van der Waals surface area contributed by atoms with E-state index < -0.39 is 6.10 Å². The van der Waals surface area contributed by atoms with E-state index in [9.17, 15) is 4.79 Å². The molecule has 1 aliphatic heterocycles. The van der Waals surface area contributed by atoms with Crippen molar-refractivity contribution in [2.45, 2.75) is 19.1 Å². The molecule has 0 bridgehead atoms. The predicted molar refractivity (Wildman–Crippen MR) is 99.1 cm³/mol. The highest BCUT2D eigenvalue weighted by Crippen LogP contribution is 2.19. The Morgan fingerprint density at radius 1 is 1.11 bits per heavy atom. The number of aromatic nitrogens is 2. The molecule has 0 saturated carbocycles. The number of halogens is 1. The third-order valence-electron chi connectivity index (χ3n) is 4.05. The Hall–Kier alpha value is -3.19. The van der Waals surface area contributed by atoms with Crippen LogP contribution in [0.2, 0.25) is 5.02 Å². The van der Waals surface area contributed by atoms with Crippen LogP contribution >= 0.6 is 11.6 Å². The molecule has 1 N–H and O–H groups in total. The van der Waals surface area contributed by atoms with Gasteiger partial charge in [-0.3, -0.25) is 4.79 Å². The topological polar surface area (TPSA) is 89.6 Å². The lowest BCUT2D eigenvalue weighted by atomic mass is 10.0. The molecule has 136 valence electrons. The molecular formula is C19H15ClN4O3. The fourth-order valence-electron chi connectivity index (χ4n) is 2.64. The van der Waals surface area contributed by atoms with Gasteiger partial charge in [0.25, 0.3) is 5.91 Å². The van der Waals surface area contributed by atoms with E-state index in [1.165, 1.54) is 0 Å². The van der Waals surface area contributed by atoms with Gasteiger partial charge in [0, 0.05) is 17.0 Å². The van der Waals surface area contributed by atoms with Crippen LogP contribution in [0.5, 0.6) is 0 Å². The molecule has 1 aromatic heterocycles. The standard InChI is InChI=1S/C19H15ClN4O3/c20-14-8-6-12(7-9-14)15-10-16(26-23-15)19(25)21-11-17-22-18(24-27-17)13-4-2-1-3-5-13/h1-9,16H,10-11H2,(H,21,25). The quantitative estimate of drug-likeness (QED) is 0.731. The Kier molecular flexibility index (Phi) is 4.84. The van der Waals surface area contributed by atoms with Gasteiger partial charge < -0.3 is 14.7 Å². The Morgan fingerprint density at radius 3 is 2.67 bits per heavy atom. The van der Waals surface area contributed by atoms with Gasteiger partial charge in [0.05, 0.1) is 12.3 Å². The van der Waals surface area contributed by atoms with Crippen molar-refractivity contribution in [3.05, 3.63) is 71.1 Å². The molecule has 3 aromatic rings. The second-order valence-corrected chi connectivity index (χ2v) is 6.38. The first kappa shape index (κ1) is 17.2. The van der Waals surface area contributed by atoms with Gasteiger partial charge in [0.1, 0.15) is 0 Å². The minimum atomic E-state index is -0.688. The Bertz CT molecular complexity index is 970. The zero-order chi connectivity index (χ0) is 18.6. The highest BCUT2D eigenvalue weighted by atomic mass is 35.5. The van der Waals surface area contributed by atoms with Crippen molar-refractivity contribution in [1.82, 2.24) is 15.5 Å². The maximum absolute atomic E-state index is 12.3. The summed E-state index contributed by atoms with van der Waals surface area (Å²) in [6, 6.07) is 16.7. The molecular weight excluding hydrogens is 368 g/mol. The molecule has 4 rings (SSSR count). The van der Waals surface area contributed by atoms with Gasteiger partial charge in [-0.25, -0.2) is 0 Å². The zero-order valence-corrected chi connectivity index (χ0v) is 14.9. The average Bonchev–Trinajstić information content (AvgIpc) is 3.37. The molecule has 7 nitrogen and oxygen atoms in total. The highest BCUT2D eigenvalue weighted by Gasteiger charge is 2.29. The van der Waals surface area contributed by atoms with Crippen molar-refractivity contribution < 1.29 is 14.2 Å². The monoisotopic (exact) mass is 382 g/mol. The van der Waals surface area contributed by atoms with E-state index in [-0.39, 0.29) is 12.5 Å². The minimum absolute atomic E-state index is 0.120. The predicted octanol–water partition coefficient (Wildman–Crippen LogP) is 3.20. The number of nitrogens with one attached hydrogen (secondary N) is 1. The van der Waals surface area contributed by atoms with Crippen molar-refractivity contribution in [2.75, 3.05) is 0 Å². The van der Waals surface area contributed by atoms with Crippen LogP contribution in [0.1, 0.15) is 17.9 Å². The lowest BCUT2D eigenvalue weighted by Gasteiger charge is -2.07. The fraction of sp³-hybridized carbons (Fsp3) is 0.158. The van der Waals surface area contributed by atoms with Crippen LogP contribution in [0.3, 0.4) is 0 Å². The molecule has 1 unspecified atom stereocenters. The summed E-state index contributed by atoms with van der Waals surface area (Å²) in [5, 5.41) is 11.3. The summed E-state index contributed by atoms with van der Waals surface area (Å²) in [5.74, 6) is 0.506. The molecule has 2 heterocycles. The number of rotatable bonds is 5. The summed E-state index contributed by atoms with van der Waals surface area (Å²) < 4.78 is 5.18. The SMILES string of the molecule is O=C(NCc1nc(-c2ccccc2)no1)C1CC(c2ccc(Cl)cc2)=NO1. The summed E-state index contributed by atoms with van der Waals surface area (Å²) in [5.41, 5.74) is 2.43. The number of amides is 1. The van der Waals surface area contributed by atoms with E-state index in [0.29, 0.717) is 28.9 Å². The van der Waals surface area contributed by atoms with Crippen LogP contribution in [-0.4, -0.2) is 27.9 Å². The lowest BCUT2D eigenvalue weighted by Crippen LogP contribution is -2.34. The van der Waals surface area contributed by atoms with Crippen LogP contribution in [0.15, 0.2) is 64.3 Å². The molecule has 0 aliphatic carbocycles. The van der Waals surface area contributed by atoms with Crippen molar-refractivity contribution in [3.63, 3.8) is 0 Å². The van der Waals surface area contributed by atoms with Gasteiger partial charge in [-0.2, -0.15) is 4.98 Å². The first-order valence-corrected chi connectivity index (χ1v) is 8.71. The highest BCUT2D eigenvalue weighted by molar-refractivity contribution is 6.30. The normalized spacial score (nSPS) is 15.9. The van der Waals surface area contributed by atoms with Crippen LogP contribution < -0.4 is 5.32 Å². The molecule has 0 saturated heterocycles. The summed E-state index contributed by atoms with van der Waals surface area (Å²) in [6.07, 6.45) is -0.306. The maximum atomic E-state index is 12.3. The summed E-state index contributed by atoms with van der Waals surface area (Å²) in [7, 11) is 0. The van der Waals surface area contributed by atoms with E-state index >= 15 is 0 Å². The summed E-state index contributed by atoms with van der Waals surface area (Å²) >= 11 is 5.88. The summed E-state index contributed by atoms with van der Waals surface area (Å²) in [6.45, 7) is 0.120. The lowest BCUT2D eigenvalue weighted by molar-refractivity contribution is -0.131. The number of nitrogens with zero attached hydrogens (tertiary/aromatic N) is 3. The van der Waals surface area contributed by atoms with Crippen LogP contribution in [0, 0.1) is 0 Å². The van der Waals surface area contributed by atoms with Gasteiger partial charge in [0.15, 0.2) is 0 Å². The minimum Gasteiger partial charge on any atom is -0.382 e. The van der Waals surface area contributed by atoms with Crippen LogP contribution in [0.25, 0.3) is 11.4 Å². The smallest absolute Gasteiger partial charge is 0.264 e. The average molecular weight is 383 g/mol. The molecule has 1 aliphatic rings. The molecule has 1 atom stereocenters. The first-order valence-electron chi connectivity index (χ1n) is 8.33. The molecule has 0 fully saturated rings. The Morgan fingerprint density at radius 2 is 1.89 bits per heavy atom. The second-order valence-electron chi connectivity index (χ2n) is 5.94. The van der Waals surface area contributed by atoms with Gasteiger partial charge in [0.2, 0.25) is 17.8 Å². The molecule has 8 heteroatoms. The molecule has 1 amide bonds. The van der Waals surface area contributed by atoms with Crippen molar-refractivity contribution in [2.24, 2.45) is 5.16 Å². The molecule has 2 aromatic carbocycles. The second kappa shape index (κ2) is 7.59. The van der Waals surface area contributed by atoms with Gasteiger partial charge in [-0.15, -0.1) is 0 Å². The third-order valence-corrected chi connectivity index (χ3v) is 4.30. The maximum Gasteiger partial charge on any atom is 0.264 e. The number of oxime groups is 1. The Balaban J connectivity index is 1.32. The van der Waals surface area contributed by atoms with E-state index in [1.807, 2.05) is 42.5 Å². The van der Waals surface area contributed by atoms with Crippen LogP contribution in [-0.2, 0) is 16.2 Å². The van der Waals surface area contributed by atoms with Gasteiger partial charge in [-0.1, -0.05) is 64.4 Å². The zero-order valence-electron chi connectivity index (χ0n) is 14.1. The molecule has 27 heavy (non-hydrogen) atoms. The van der Waals surface area contributed by atoms with Gasteiger partial charge >= 0.3 is 0 Å². The molecule has 0 radical (unpaired) electrons. The van der Waals surface area contributed by atoms with E-state index in [2.05, 4.69) is 20.6 Å². The number of carbonyl (C=O) groups excluding carboxylic acids is 1. The van der Waals surface area contributed by atoms with Crippen molar-refractivity contribution in [1.29, 1.82) is 0 Å². The van der Waals surface area contributed by atoms with Crippen molar-refractivity contribution >= 4 is 23.2 Å². The largest absolute Gasteiger partial charge is 0.382 e. The third kappa shape index (κ3) is 3.98.